The second-order valence-electron chi connectivity index (χ2n) is 9.56. The average Bonchev–Trinajstić information content (AvgIpc) is 2.77. The molecule has 1 saturated heterocycles. The maximum absolute atomic E-state index is 13.3. The summed E-state index contributed by atoms with van der Waals surface area (Å²) >= 11 is 0. The van der Waals surface area contributed by atoms with Gasteiger partial charge in [-0.05, 0) is 69.2 Å². The number of aliphatic hydroxyl groups is 1. The lowest BCUT2D eigenvalue weighted by Gasteiger charge is -2.41. The predicted octanol–water partition coefficient (Wildman–Crippen LogP) is 1.87. The minimum atomic E-state index is -2.62. The van der Waals surface area contributed by atoms with Crippen LogP contribution in [0, 0.1) is 0 Å². The molecule has 0 aromatic carbocycles. The molecule has 0 unspecified atom stereocenters. The third-order valence-corrected chi connectivity index (χ3v) is 3.90. The third kappa shape index (κ3) is 5.46. The van der Waals surface area contributed by atoms with Gasteiger partial charge in [-0.25, -0.2) is 14.4 Å². The summed E-state index contributed by atoms with van der Waals surface area (Å²) in [5, 5.41) is 11.2. The van der Waals surface area contributed by atoms with Crippen LogP contribution in [0.15, 0.2) is 0 Å². The molecule has 3 atom stereocenters. The fourth-order valence-corrected chi connectivity index (χ4v) is 2.88. The van der Waals surface area contributed by atoms with Crippen molar-refractivity contribution in [3.63, 3.8) is 0 Å². The summed E-state index contributed by atoms with van der Waals surface area (Å²) in [4.78, 5) is 38.9. The molecule has 1 fully saturated rings. The number of esters is 3. The quantitative estimate of drug-likeness (QED) is 0.527. The van der Waals surface area contributed by atoms with Gasteiger partial charge in [0.2, 0.25) is 17.3 Å². The van der Waals surface area contributed by atoms with Crippen LogP contribution in [-0.2, 0) is 38.1 Å². The van der Waals surface area contributed by atoms with Crippen LogP contribution < -0.4 is 0 Å². The molecule has 9 heteroatoms. The van der Waals surface area contributed by atoms with Crippen molar-refractivity contribution in [3.05, 3.63) is 0 Å². The Labute approximate surface area is 172 Å². The van der Waals surface area contributed by atoms with Gasteiger partial charge in [0.15, 0.2) is 5.79 Å². The van der Waals surface area contributed by atoms with E-state index in [-0.39, 0.29) is 6.61 Å². The lowest BCUT2D eigenvalue weighted by molar-refractivity contribution is -0.238. The first kappa shape index (κ1) is 25.3. The molecule has 0 aliphatic carbocycles. The van der Waals surface area contributed by atoms with Crippen molar-refractivity contribution in [2.45, 2.75) is 104 Å². The highest BCUT2D eigenvalue weighted by Crippen LogP contribution is 2.46. The molecule has 0 amide bonds. The largest absolute Gasteiger partial charge is 0.464 e. The second kappa shape index (κ2) is 7.85. The van der Waals surface area contributed by atoms with Gasteiger partial charge in [0.05, 0.1) is 6.61 Å². The molecule has 1 N–H and O–H groups in total. The van der Waals surface area contributed by atoms with E-state index in [9.17, 15) is 19.5 Å². The minimum absolute atomic E-state index is 0.0687. The van der Waals surface area contributed by atoms with Crippen molar-refractivity contribution in [2.24, 2.45) is 0 Å². The molecule has 0 saturated carbocycles. The van der Waals surface area contributed by atoms with Crippen molar-refractivity contribution < 1.29 is 43.2 Å². The number of rotatable bonds is 5. The molecule has 0 aromatic heterocycles. The Morgan fingerprint density at radius 2 is 1.45 bits per heavy atom. The molecule has 0 spiro atoms. The van der Waals surface area contributed by atoms with Crippen molar-refractivity contribution >= 4 is 17.9 Å². The van der Waals surface area contributed by atoms with Gasteiger partial charge in [-0.3, -0.25) is 0 Å². The lowest BCUT2D eigenvalue weighted by atomic mass is 9.79. The monoisotopic (exact) mass is 418 g/mol. The predicted molar refractivity (Wildman–Crippen MR) is 102 cm³/mol. The summed E-state index contributed by atoms with van der Waals surface area (Å²) in [7, 11) is 0. The number of carbonyl (C=O) groups is 3. The van der Waals surface area contributed by atoms with E-state index in [1.807, 2.05) is 0 Å². The SMILES string of the molecule is CCOC(=O)[C@](C)(O)[C@@]1(C(=O)OC(C)(C)C)OC(C)(C)O[C@@H]1C(=O)OC(C)(C)C. The minimum Gasteiger partial charge on any atom is -0.464 e. The highest BCUT2D eigenvalue weighted by atomic mass is 16.8. The number of ether oxygens (including phenoxy) is 5. The van der Waals surface area contributed by atoms with Crippen LogP contribution in [0.2, 0.25) is 0 Å². The summed E-state index contributed by atoms with van der Waals surface area (Å²) in [6.45, 7) is 15.1. The Kier molecular flexibility index (Phi) is 6.85. The van der Waals surface area contributed by atoms with Crippen LogP contribution in [0.25, 0.3) is 0 Å². The van der Waals surface area contributed by atoms with E-state index >= 15 is 0 Å². The van der Waals surface area contributed by atoms with E-state index in [0.717, 1.165) is 6.92 Å². The molecule has 0 aromatic rings. The Morgan fingerprint density at radius 3 is 1.86 bits per heavy atom. The Balaban J connectivity index is 3.67. The summed E-state index contributed by atoms with van der Waals surface area (Å²) in [5.41, 5.74) is -7.12. The van der Waals surface area contributed by atoms with Crippen LogP contribution in [0.1, 0.15) is 69.2 Å². The first-order chi connectivity index (χ1) is 12.8. The smallest absolute Gasteiger partial charge is 0.346 e. The van der Waals surface area contributed by atoms with Gasteiger partial charge < -0.3 is 28.8 Å². The van der Waals surface area contributed by atoms with Gasteiger partial charge in [0.1, 0.15) is 11.2 Å². The molecule has 0 bridgehead atoms. The zero-order valence-electron chi connectivity index (χ0n) is 19.0. The second-order valence-corrected chi connectivity index (χ2v) is 9.56. The maximum atomic E-state index is 13.3. The summed E-state index contributed by atoms with van der Waals surface area (Å²) in [5.74, 6) is -4.82. The molecule has 1 rings (SSSR count). The van der Waals surface area contributed by atoms with E-state index < -0.39 is 52.2 Å². The molecular formula is C20H34O9. The molecular weight excluding hydrogens is 384 g/mol. The van der Waals surface area contributed by atoms with E-state index in [1.165, 1.54) is 20.8 Å². The standard InChI is InChI=1S/C20H34O9/c1-11-25-14(22)19(10,24)20(15(23)28-17(5,6)7)12(26-18(8,9)29-20)13(21)27-16(2,3)4/h12,24H,11H2,1-10H3/t12-,19+,20-/m1/s1. The topological polar surface area (TPSA) is 118 Å². The van der Waals surface area contributed by atoms with Crippen LogP contribution in [0.3, 0.4) is 0 Å². The number of hydrogen-bond donors (Lipinski definition) is 1. The van der Waals surface area contributed by atoms with Crippen LogP contribution >= 0.6 is 0 Å². The van der Waals surface area contributed by atoms with Crippen LogP contribution in [0.5, 0.6) is 0 Å². The van der Waals surface area contributed by atoms with Crippen molar-refractivity contribution in [3.8, 4) is 0 Å². The average molecular weight is 418 g/mol. The normalized spacial score (nSPS) is 26.4. The van der Waals surface area contributed by atoms with Gasteiger partial charge in [0, 0.05) is 0 Å². The van der Waals surface area contributed by atoms with E-state index in [1.54, 1.807) is 41.5 Å². The molecule has 1 aliphatic rings. The summed E-state index contributed by atoms with van der Waals surface area (Å²) in [6.07, 6.45) is -1.79. The lowest BCUT2D eigenvalue weighted by Crippen LogP contribution is -2.70. The fraction of sp³-hybridized carbons (Fsp3) is 0.850. The fourth-order valence-electron chi connectivity index (χ4n) is 2.88. The maximum Gasteiger partial charge on any atom is 0.346 e. The van der Waals surface area contributed by atoms with Crippen molar-refractivity contribution in [1.82, 2.24) is 0 Å². The Morgan fingerprint density at radius 1 is 0.966 bits per heavy atom. The van der Waals surface area contributed by atoms with Crippen molar-refractivity contribution in [1.29, 1.82) is 0 Å². The highest BCUT2D eigenvalue weighted by Gasteiger charge is 2.74. The van der Waals surface area contributed by atoms with Crippen LogP contribution in [-0.4, -0.2) is 63.9 Å². The number of hydrogen-bond acceptors (Lipinski definition) is 9. The summed E-state index contributed by atoms with van der Waals surface area (Å²) < 4.78 is 27.2. The summed E-state index contributed by atoms with van der Waals surface area (Å²) in [6, 6.07) is 0. The van der Waals surface area contributed by atoms with Gasteiger partial charge in [-0.2, -0.15) is 0 Å². The zero-order valence-corrected chi connectivity index (χ0v) is 19.0. The first-order valence-electron chi connectivity index (χ1n) is 9.53. The Bertz CT molecular complexity index is 652. The van der Waals surface area contributed by atoms with E-state index in [0.29, 0.717) is 0 Å². The molecule has 168 valence electrons. The molecule has 29 heavy (non-hydrogen) atoms. The molecule has 1 aliphatic heterocycles. The van der Waals surface area contributed by atoms with Gasteiger partial charge in [0.25, 0.3) is 0 Å². The zero-order chi connectivity index (χ0) is 23.1. The van der Waals surface area contributed by atoms with E-state index in [2.05, 4.69) is 0 Å². The molecule has 1 heterocycles. The molecule has 9 nitrogen and oxygen atoms in total. The van der Waals surface area contributed by atoms with Crippen LogP contribution in [0.4, 0.5) is 0 Å². The first-order valence-corrected chi connectivity index (χ1v) is 9.53. The Hall–Kier alpha value is -1.71. The number of carbonyl (C=O) groups excluding carboxylic acids is 3. The highest BCUT2D eigenvalue weighted by molar-refractivity contribution is 5.98. The third-order valence-electron chi connectivity index (χ3n) is 3.90. The van der Waals surface area contributed by atoms with Gasteiger partial charge in [-0.15, -0.1) is 0 Å². The van der Waals surface area contributed by atoms with E-state index in [4.69, 9.17) is 23.7 Å². The van der Waals surface area contributed by atoms with Gasteiger partial charge >= 0.3 is 17.9 Å². The molecule has 0 radical (unpaired) electrons. The van der Waals surface area contributed by atoms with Crippen molar-refractivity contribution in [2.75, 3.05) is 6.61 Å². The van der Waals surface area contributed by atoms with Gasteiger partial charge in [-0.1, -0.05) is 0 Å².